The monoisotopic (exact) mass is 513 g/mol. The summed E-state index contributed by atoms with van der Waals surface area (Å²) >= 11 is 6.27. The third-order valence-corrected chi connectivity index (χ3v) is 6.04. The molecule has 0 bridgehead atoms. The highest BCUT2D eigenvalue weighted by molar-refractivity contribution is 6.31. The van der Waals surface area contributed by atoms with E-state index in [4.69, 9.17) is 30.9 Å². The predicted octanol–water partition coefficient (Wildman–Crippen LogP) is 4.16. The second kappa shape index (κ2) is 12.5. The maximum absolute atomic E-state index is 13.2. The van der Waals surface area contributed by atoms with E-state index in [2.05, 4.69) is 4.98 Å². The Bertz CT molecular complexity index is 1240. The van der Waals surface area contributed by atoms with Gasteiger partial charge in [-0.05, 0) is 48.9 Å². The molecule has 3 rings (SSSR count). The van der Waals surface area contributed by atoms with Crippen LogP contribution in [0.25, 0.3) is 11.3 Å². The number of nitrogens with zero attached hydrogens (tertiary/aromatic N) is 1. The molecule has 0 aliphatic rings. The van der Waals surface area contributed by atoms with Gasteiger partial charge in [-0.2, -0.15) is 0 Å². The van der Waals surface area contributed by atoms with Crippen LogP contribution in [0.15, 0.2) is 48.5 Å². The van der Waals surface area contributed by atoms with Crippen molar-refractivity contribution >= 4 is 23.2 Å². The van der Waals surface area contributed by atoms with Gasteiger partial charge in [-0.15, -0.1) is 0 Å². The number of aliphatic hydroxyl groups excluding tert-OH is 2. The molecule has 36 heavy (non-hydrogen) atoms. The van der Waals surface area contributed by atoms with Gasteiger partial charge in [-0.25, -0.2) is 4.98 Å². The molecule has 1 heterocycles. The van der Waals surface area contributed by atoms with Crippen molar-refractivity contribution in [3.8, 4) is 28.5 Å². The highest BCUT2D eigenvalue weighted by Crippen LogP contribution is 2.32. The first-order chi connectivity index (χ1) is 17.3. The number of benzene rings is 2. The number of methoxy groups -OCH3 is 2. The molecule has 1 atom stereocenters. The number of aliphatic hydroxyl groups is 2. The molecule has 9 heteroatoms. The first-order valence-electron chi connectivity index (χ1n) is 11.2. The molecule has 0 unspecified atom stereocenters. The van der Waals surface area contributed by atoms with Crippen LogP contribution in [0.3, 0.4) is 0 Å². The van der Waals surface area contributed by atoms with Crippen molar-refractivity contribution < 1.29 is 34.0 Å². The molecular weight excluding hydrogens is 486 g/mol. The third kappa shape index (κ3) is 6.20. The quantitative estimate of drug-likeness (QED) is 0.347. The van der Waals surface area contributed by atoms with Gasteiger partial charge in [-0.3, -0.25) is 9.59 Å². The van der Waals surface area contributed by atoms with Crippen molar-refractivity contribution in [2.45, 2.75) is 13.3 Å². The second-order valence-electron chi connectivity index (χ2n) is 8.02. The minimum absolute atomic E-state index is 0.0797. The Morgan fingerprint density at radius 1 is 0.972 bits per heavy atom. The number of hydrogen-bond acceptors (Lipinski definition) is 8. The van der Waals surface area contributed by atoms with Crippen molar-refractivity contribution in [2.24, 2.45) is 5.92 Å². The number of ketones is 2. The first-order valence-corrected chi connectivity index (χ1v) is 11.6. The second-order valence-corrected chi connectivity index (χ2v) is 8.43. The van der Waals surface area contributed by atoms with Gasteiger partial charge in [0.05, 0.1) is 33.4 Å². The molecule has 2 aromatic carbocycles. The van der Waals surface area contributed by atoms with Crippen LogP contribution in [0, 0.1) is 12.8 Å². The number of hydrogen-bond donors (Lipinski definition) is 2. The minimum Gasteiger partial charge on any atom is -0.494 e. The summed E-state index contributed by atoms with van der Waals surface area (Å²) in [7, 11) is 2.94. The van der Waals surface area contributed by atoms with Crippen LogP contribution in [0.1, 0.15) is 32.8 Å². The lowest BCUT2D eigenvalue weighted by Crippen LogP contribution is -2.23. The van der Waals surface area contributed by atoms with E-state index in [0.717, 1.165) is 5.56 Å². The largest absolute Gasteiger partial charge is 0.494 e. The van der Waals surface area contributed by atoms with Crippen LogP contribution >= 0.6 is 11.6 Å². The Morgan fingerprint density at radius 3 is 2.33 bits per heavy atom. The number of halogens is 1. The highest BCUT2D eigenvalue weighted by Gasteiger charge is 2.26. The van der Waals surface area contributed by atoms with Gasteiger partial charge >= 0.3 is 0 Å². The molecule has 0 fully saturated rings. The van der Waals surface area contributed by atoms with Gasteiger partial charge in [0.15, 0.2) is 23.1 Å². The lowest BCUT2D eigenvalue weighted by Gasteiger charge is -2.15. The fourth-order valence-electron chi connectivity index (χ4n) is 3.60. The van der Waals surface area contributed by atoms with E-state index >= 15 is 0 Å². The SMILES string of the molecule is COc1cc(C(=O)C[C@H](CO)C(=O)c2ccc(OC)c(-c3ccc(C)c(Cl)c3)n2)ccc1OCCO. The minimum atomic E-state index is -0.996. The molecular formula is C27H28ClNO7. The molecule has 1 aromatic heterocycles. The van der Waals surface area contributed by atoms with Crippen LogP contribution in [-0.4, -0.2) is 60.8 Å². The number of carbonyl (C=O) groups excluding carboxylic acids is 2. The van der Waals surface area contributed by atoms with Crippen LogP contribution in [0.2, 0.25) is 5.02 Å². The summed E-state index contributed by atoms with van der Waals surface area (Å²) in [5, 5.41) is 19.4. The molecule has 8 nitrogen and oxygen atoms in total. The van der Waals surface area contributed by atoms with Gasteiger partial charge in [-0.1, -0.05) is 23.7 Å². The topological polar surface area (TPSA) is 115 Å². The zero-order valence-corrected chi connectivity index (χ0v) is 21.0. The summed E-state index contributed by atoms with van der Waals surface area (Å²) in [6.07, 6.45) is -0.227. The number of aromatic nitrogens is 1. The summed E-state index contributed by atoms with van der Waals surface area (Å²) in [6, 6.07) is 13.1. The molecule has 0 radical (unpaired) electrons. The van der Waals surface area contributed by atoms with E-state index in [1.54, 1.807) is 24.3 Å². The van der Waals surface area contributed by atoms with Crippen LogP contribution in [0.5, 0.6) is 17.2 Å². The molecule has 190 valence electrons. The zero-order chi connectivity index (χ0) is 26.2. The maximum Gasteiger partial charge on any atom is 0.187 e. The Kier molecular flexibility index (Phi) is 9.41. The van der Waals surface area contributed by atoms with E-state index in [1.165, 1.54) is 26.4 Å². The Morgan fingerprint density at radius 2 is 1.69 bits per heavy atom. The number of pyridine rings is 1. The Balaban J connectivity index is 1.85. The lowest BCUT2D eigenvalue weighted by molar-refractivity contribution is 0.0787. The average Bonchev–Trinajstić information content (AvgIpc) is 2.91. The van der Waals surface area contributed by atoms with Crippen LogP contribution in [0.4, 0.5) is 0 Å². The van der Waals surface area contributed by atoms with Gasteiger partial charge in [0, 0.05) is 22.6 Å². The lowest BCUT2D eigenvalue weighted by atomic mass is 9.93. The fraction of sp³-hybridized carbons (Fsp3) is 0.296. The van der Waals surface area contributed by atoms with Crippen LogP contribution < -0.4 is 14.2 Å². The third-order valence-electron chi connectivity index (χ3n) is 5.63. The summed E-state index contributed by atoms with van der Waals surface area (Å²) in [5.41, 5.74) is 2.39. The molecule has 0 amide bonds. The molecule has 0 saturated carbocycles. The number of rotatable bonds is 12. The van der Waals surface area contributed by atoms with Crippen molar-refractivity contribution in [3.63, 3.8) is 0 Å². The average molecular weight is 514 g/mol. The van der Waals surface area contributed by atoms with Crippen molar-refractivity contribution in [1.82, 2.24) is 4.98 Å². The van der Waals surface area contributed by atoms with E-state index in [9.17, 15) is 14.7 Å². The fourth-order valence-corrected chi connectivity index (χ4v) is 3.78. The van der Waals surface area contributed by atoms with Gasteiger partial charge in [0.1, 0.15) is 23.7 Å². The maximum atomic E-state index is 13.2. The molecule has 0 spiro atoms. The molecule has 0 aliphatic heterocycles. The van der Waals surface area contributed by atoms with Crippen LogP contribution in [-0.2, 0) is 0 Å². The Hall–Kier alpha value is -3.46. The van der Waals surface area contributed by atoms with E-state index in [-0.39, 0.29) is 31.1 Å². The number of aryl methyl sites for hydroxylation is 1. The smallest absolute Gasteiger partial charge is 0.187 e. The van der Waals surface area contributed by atoms with Crippen molar-refractivity contribution in [3.05, 3.63) is 70.4 Å². The first kappa shape index (κ1) is 27.1. The van der Waals surface area contributed by atoms with Gasteiger partial charge in [0.2, 0.25) is 0 Å². The normalized spacial score (nSPS) is 11.6. The molecule has 0 saturated heterocycles. The van der Waals surface area contributed by atoms with E-state index in [1.807, 2.05) is 19.1 Å². The summed E-state index contributed by atoms with van der Waals surface area (Å²) in [6.45, 7) is 1.27. The predicted molar refractivity (Wildman–Crippen MR) is 135 cm³/mol. The molecule has 2 N–H and O–H groups in total. The summed E-state index contributed by atoms with van der Waals surface area (Å²) in [5.74, 6) is -0.664. The van der Waals surface area contributed by atoms with E-state index in [0.29, 0.717) is 39.1 Å². The van der Waals surface area contributed by atoms with Crippen molar-refractivity contribution in [2.75, 3.05) is 34.0 Å². The summed E-state index contributed by atoms with van der Waals surface area (Å²) < 4.78 is 16.1. The standard InChI is InChI=1S/C27H28ClNO7/c1-16-4-5-18(12-20(16)28)26-24(34-2)9-7-21(29-26)27(33)19(15-31)13-22(32)17-6-8-23(36-11-10-30)25(14-17)35-3/h4-9,12,14,19,30-31H,10-11,13,15H2,1-3H3/t19-/m1/s1. The number of Topliss-reactive ketones (excluding diaryl/α,β-unsaturated/α-hetero) is 2. The Labute approximate surface area is 214 Å². The molecule has 3 aromatic rings. The highest BCUT2D eigenvalue weighted by atomic mass is 35.5. The van der Waals surface area contributed by atoms with Gasteiger partial charge in [0.25, 0.3) is 0 Å². The number of carbonyl (C=O) groups is 2. The van der Waals surface area contributed by atoms with Crippen molar-refractivity contribution in [1.29, 1.82) is 0 Å². The van der Waals surface area contributed by atoms with Gasteiger partial charge < -0.3 is 24.4 Å². The zero-order valence-electron chi connectivity index (χ0n) is 20.3. The molecule has 0 aliphatic carbocycles. The van der Waals surface area contributed by atoms with E-state index < -0.39 is 18.3 Å². The summed E-state index contributed by atoms with van der Waals surface area (Å²) in [4.78, 5) is 30.7. The number of ether oxygens (including phenoxy) is 3.